The standard InChI is InChI=1S/C23H26N2O2/c1-17-10-11-23(24-17)12-13-25(16-23)14-18-6-8-19(9-7-18)22-15-26-20-4-2-3-5-21(20)27-22/h2-9,22,24H,1,10-16H2/t22-,23?/m1/s1. The van der Waals surface area contributed by atoms with E-state index in [0.717, 1.165) is 37.6 Å². The maximum absolute atomic E-state index is 6.11. The van der Waals surface area contributed by atoms with E-state index in [9.17, 15) is 0 Å². The molecule has 1 N–H and O–H groups in total. The van der Waals surface area contributed by atoms with E-state index in [4.69, 9.17) is 9.47 Å². The zero-order valence-corrected chi connectivity index (χ0v) is 15.6. The predicted molar refractivity (Wildman–Crippen MR) is 106 cm³/mol. The summed E-state index contributed by atoms with van der Waals surface area (Å²) in [7, 11) is 0. The van der Waals surface area contributed by atoms with E-state index in [-0.39, 0.29) is 11.6 Å². The maximum Gasteiger partial charge on any atom is 0.162 e. The van der Waals surface area contributed by atoms with Crippen LogP contribution in [-0.2, 0) is 6.54 Å². The molecule has 0 amide bonds. The number of para-hydroxylation sites is 2. The molecule has 3 heterocycles. The molecular formula is C23H26N2O2. The van der Waals surface area contributed by atoms with Crippen LogP contribution in [0.3, 0.4) is 0 Å². The Morgan fingerprint density at radius 2 is 1.89 bits per heavy atom. The third-order valence-corrected chi connectivity index (χ3v) is 6.05. The second-order valence-electron chi connectivity index (χ2n) is 8.08. The Morgan fingerprint density at radius 3 is 2.67 bits per heavy atom. The zero-order chi connectivity index (χ0) is 18.3. The van der Waals surface area contributed by atoms with E-state index in [0.29, 0.717) is 6.61 Å². The number of benzene rings is 2. The van der Waals surface area contributed by atoms with Gasteiger partial charge in [0.25, 0.3) is 0 Å². The molecule has 0 radical (unpaired) electrons. The molecule has 3 aliphatic heterocycles. The fourth-order valence-corrected chi connectivity index (χ4v) is 4.57. The predicted octanol–water partition coefficient (Wildman–Crippen LogP) is 4.04. The Bertz CT molecular complexity index is 848. The first-order valence-corrected chi connectivity index (χ1v) is 9.85. The number of hydrogen-bond donors (Lipinski definition) is 1. The number of allylic oxidation sites excluding steroid dienone is 1. The molecule has 4 nitrogen and oxygen atoms in total. The van der Waals surface area contributed by atoms with Crippen LogP contribution in [-0.4, -0.2) is 30.1 Å². The van der Waals surface area contributed by atoms with Crippen LogP contribution >= 0.6 is 0 Å². The van der Waals surface area contributed by atoms with Crippen molar-refractivity contribution in [3.8, 4) is 11.5 Å². The number of nitrogens with zero attached hydrogens (tertiary/aromatic N) is 1. The Kier molecular flexibility index (Phi) is 4.09. The Balaban J connectivity index is 1.22. The van der Waals surface area contributed by atoms with Crippen molar-refractivity contribution in [2.75, 3.05) is 19.7 Å². The van der Waals surface area contributed by atoms with Gasteiger partial charge in [-0.05, 0) is 42.5 Å². The number of nitrogens with one attached hydrogen (secondary N) is 1. The second kappa shape index (κ2) is 6.61. The summed E-state index contributed by atoms with van der Waals surface area (Å²) in [6.45, 7) is 7.92. The highest BCUT2D eigenvalue weighted by atomic mass is 16.6. The number of hydrogen-bond acceptors (Lipinski definition) is 4. The second-order valence-corrected chi connectivity index (χ2v) is 8.08. The van der Waals surface area contributed by atoms with E-state index >= 15 is 0 Å². The van der Waals surface area contributed by atoms with Gasteiger partial charge in [-0.2, -0.15) is 0 Å². The summed E-state index contributed by atoms with van der Waals surface area (Å²) in [6, 6.07) is 16.7. The van der Waals surface area contributed by atoms with Crippen molar-refractivity contribution in [2.24, 2.45) is 0 Å². The maximum atomic E-state index is 6.11. The minimum absolute atomic E-state index is 0.0438. The van der Waals surface area contributed by atoms with E-state index in [2.05, 4.69) is 41.1 Å². The summed E-state index contributed by atoms with van der Waals surface area (Å²) in [5.41, 5.74) is 4.00. The van der Waals surface area contributed by atoms with Crippen molar-refractivity contribution in [1.29, 1.82) is 0 Å². The van der Waals surface area contributed by atoms with Crippen LogP contribution in [0.4, 0.5) is 0 Å². The van der Waals surface area contributed by atoms with Crippen molar-refractivity contribution >= 4 is 0 Å². The molecule has 5 rings (SSSR count). The molecule has 0 aromatic heterocycles. The molecule has 2 fully saturated rings. The van der Waals surface area contributed by atoms with E-state index in [1.165, 1.54) is 29.7 Å². The normalized spacial score (nSPS) is 27.1. The molecule has 1 spiro atoms. The SMILES string of the molecule is C=C1CCC2(CCN(Cc3ccc([C@H]4COc5ccccc5O4)cc3)C2)N1. The summed E-state index contributed by atoms with van der Waals surface area (Å²) in [6.07, 6.45) is 3.52. The molecule has 4 heteroatoms. The van der Waals surface area contributed by atoms with E-state index in [1.54, 1.807) is 0 Å². The third-order valence-electron chi connectivity index (χ3n) is 6.05. The number of likely N-dealkylation sites (tertiary alicyclic amines) is 1. The van der Waals surface area contributed by atoms with Crippen LogP contribution in [0.15, 0.2) is 60.8 Å². The molecule has 2 aromatic carbocycles. The van der Waals surface area contributed by atoms with Gasteiger partial charge in [-0.1, -0.05) is 43.0 Å². The molecule has 3 aliphatic rings. The first kappa shape index (κ1) is 16.7. The Morgan fingerprint density at radius 1 is 1.07 bits per heavy atom. The van der Waals surface area contributed by atoms with Crippen LogP contribution in [0, 0.1) is 0 Å². The first-order chi connectivity index (χ1) is 13.2. The first-order valence-electron chi connectivity index (χ1n) is 9.85. The Hall–Kier alpha value is -2.46. The monoisotopic (exact) mass is 362 g/mol. The van der Waals surface area contributed by atoms with Crippen molar-refractivity contribution in [3.63, 3.8) is 0 Å². The van der Waals surface area contributed by atoms with Gasteiger partial charge in [0.1, 0.15) is 6.61 Å². The number of fused-ring (bicyclic) bond motifs is 1. The molecule has 0 saturated carbocycles. The molecule has 0 aliphatic carbocycles. The smallest absolute Gasteiger partial charge is 0.162 e. The summed E-state index contributed by atoms with van der Waals surface area (Å²) in [4.78, 5) is 2.55. The molecule has 1 unspecified atom stereocenters. The van der Waals surface area contributed by atoms with Gasteiger partial charge in [-0.25, -0.2) is 0 Å². The molecule has 2 atom stereocenters. The Labute approximate surface area is 160 Å². The lowest BCUT2D eigenvalue weighted by Crippen LogP contribution is -2.41. The van der Waals surface area contributed by atoms with E-state index in [1.807, 2.05) is 24.3 Å². The van der Waals surface area contributed by atoms with Gasteiger partial charge in [0.15, 0.2) is 17.6 Å². The van der Waals surface area contributed by atoms with Crippen LogP contribution in [0.1, 0.15) is 36.5 Å². The number of ether oxygens (including phenoxy) is 2. The van der Waals surface area contributed by atoms with Gasteiger partial charge in [0.2, 0.25) is 0 Å². The fraction of sp³-hybridized carbons (Fsp3) is 0.391. The van der Waals surface area contributed by atoms with Gasteiger partial charge in [0.05, 0.1) is 5.54 Å². The van der Waals surface area contributed by atoms with Gasteiger partial charge < -0.3 is 14.8 Å². The fourth-order valence-electron chi connectivity index (χ4n) is 4.57. The summed E-state index contributed by atoms with van der Waals surface area (Å²) >= 11 is 0. The van der Waals surface area contributed by atoms with Crippen LogP contribution in [0.2, 0.25) is 0 Å². The lowest BCUT2D eigenvalue weighted by molar-refractivity contribution is 0.0913. The highest BCUT2D eigenvalue weighted by Crippen LogP contribution is 2.36. The summed E-state index contributed by atoms with van der Waals surface area (Å²) in [5.74, 6) is 1.65. The van der Waals surface area contributed by atoms with Gasteiger partial charge in [-0.15, -0.1) is 0 Å². The van der Waals surface area contributed by atoms with E-state index < -0.39 is 0 Å². The quantitative estimate of drug-likeness (QED) is 0.893. The topological polar surface area (TPSA) is 33.7 Å². The van der Waals surface area contributed by atoms with Crippen LogP contribution in [0.25, 0.3) is 0 Å². The molecule has 2 aromatic rings. The van der Waals surface area contributed by atoms with Gasteiger partial charge in [-0.3, -0.25) is 4.90 Å². The van der Waals surface area contributed by atoms with Crippen LogP contribution < -0.4 is 14.8 Å². The largest absolute Gasteiger partial charge is 0.485 e. The lowest BCUT2D eigenvalue weighted by Gasteiger charge is -2.27. The van der Waals surface area contributed by atoms with Crippen molar-refractivity contribution in [3.05, 3.63) is 71.9 Å². The van der Waals surface area contributed by atoms with Gasteiger partial charge >= 0.3 is 0 Å². The molecule has 2 saturated heterocycles. The molecule has 27 heavy (non-hydrogen) atoms. The summed E-state index contributed by atoms with van der Waals surface area (Å²) in [5, 5.41) is 3.64. The van der Waals surface area contributed by atoms with Crippen molar-refractivity contribution in [1.82, 2.24) is 10.2 Å². The minimum atomic E-state index is -0.0438. The number of rotatable bonds is 3. The lowest BCUT2D eigenvalue weighted by atomic mass is 9.97. The van der Waals surface area contributed by atoms with Crippen molar-refractivity contribution < 1.29 is 9.47 Å². The average molecular weight is 362 g/mol. The van der Waals surface area contributed by atoms with Crippen molar-refractivity contribution in [2.45, 2.75) is 37.5 Å². The summed E-state index contributed by atoms with van der Waals surface area (Å²) < 4.78 is 12.0. The highest BCUT2D eigenvalue weighted by molar-refractivity contribution is 5.41. The third kappa shape index (κ3) is 3.30. The van der Waals surface area contributed by atoms with Crippen LogP contribution in [0.5, 0.6) is 11.5 Å². The molecule has 0 bridgehead atoms. The molecule has 140 valence electrons. The molecular weight excluding hydrogens is 336 g/mol. The minimum Gasteiger partial charge on any atom is -0.485 e. The average Bonchev–Trinajstić information content (AvgIpc) is 3.27. The highest BCUT2D eigenvalue weighted by Gasteiger charge is 2.41. The van der Waals surface area contributed by atoms with Gasteiger partial charge in [0, 0.05) is 25.3 Å². The zero-order valence-electron chi connectivity index (χ0n) is 15.6.